The van der Waals surface area contributed by atoms with Gasteiger partial charge in [-0.05, 0) is 49.5 Å². The number of hydrogen-bond acceptors (Lipinski definition) is 1. The highest BCUT2D eigenvalue weighted by atomic mass is 35.5. The summed E-state index contributed by atoms with van der Waals surface area (Å²) in [5.41, 5.74) is 0. The van der Waals surface area contributed by atoms with Crippen molar-refractivity contribution in [3.63, 3.8) is 0 Å². The first-order valence-corrected chi connectivity index (χ1v) is 6.64. The summed E-state index contributed by atoms with van der Waals surface area (Å²) in [6.07, 6.45) is 6.72. The average Bonchev–Trinajstić information content (AvgIpc) is 2.45. The molecule has 1 fully saturated rings. The van der Waals surface area contributed by atoms with Gasteiger partial charge in [0.1, 0.15) is 0 Å². The molecule has 72 valence electrons. The van der Waals surface area contributed by atoms with Gasteiger partial charge in [-0.3, -0.25) is 0 Å². The Morgan fingerprint density at radius 1 is 1.42 bits per heavy atom. The smallest absolute Gasteiger partial charge is 0.0338 e. The van der Waals surface area contributed by atoms with Crippen molar-refractivity contribution in [1.82, 2.24) is 0 Å². The van der Waals surface area contributed by atoms with E-state index in [2.05, 4.69) is 18.7 Å². The lowest BCUT2D eigenvalue weighted by atomic mass is 10.0. The van der Waals surface area contributed by atoms with Crippen molar-refractivity contribution in [3.05, 3.63) is 0 Å². The van der Waals surface area contributed by atoms with E-state index in [0.717, 1.165) is 5.92 Å². The van der Waals surface area contributed by atoms with E-state index in [1.807, 2.05) is 0 Å². The molecule has 2 unspecified atom stereocenters. The molecule has 2 atom stereocenters. The maximum Gasteiger partial charge on any atom is 0.0338 e. The van der Waals surface area contributed by atoms with E-state index >= 15 is 0 Å². The minimum Gasteiger partial charge on any atom is -0.162 e. The van der Waals surface area contributed by atoms with Gasteiger partial charge in [-0.25, -0.2) is 0 Å². The van der Waals surface area contributed by atoms with E-state index in [0.29, 0.717) is 5.38 Å². The minimum absolute atomic E-state index is 0.494. The van der Waals surface area contributed by atoms with Crippen LogP contribution in [0.15, 0.2) is 0 Å². The van der Waals surface area contributed by atoms with Crippen molar-refractivity contribution in [2.24, 2.45) is 5.92 Å². The van der Waals surface area contributed by atoms with Crippen LogP contribution in [0.1, 0.15) is 39.0 Å². The standard InChI is InChI=1S/C10H19ClS/c1-2-12-7-3-4-9-5-6-10(11)8-9/h9-10H,2-8H2,1H3. The fourth-order valence-electron chi connectivity index (χ4n) is 1.89. The van der Waals surface area contributed by atoms with Gasteiger partial charge in [0.05, 0.1) is 0 Å². The molecule has 0 aromatic carbocycles. The second-order valence-corrected chi connectivity index (χ2v) is 5.63. The Bertz CT molecular complexity index is 116. The summed E-state index contributed by atoms with van der Waals surface area (Å²) in [6, 6.07) is 0. The maximum atomic E-state index is 6.04. The molecule has 0 radical (unpaired) electrons. The van der Waals surface area contributed by atoms with Gasteiger partial charge in [0.25, 0.3) is 0 Å². The molecule has 0 aliphatic heterocycles. The first-order chi connectivity index (χ1) is 5.83. The summed E-state index contributed by atoms with van der Waals surface area (Å²) in [5, 5.41) is 0.494. The van der Waals surface area contributed by atoms with Crippen LogP contribution in [0, 0.1) is 5.92 Å². The highest BCUT2D eigenvalue weighted by Gasteiger charge is 2.21. The Kier molecular flexibility index (Phi) is 5.49. The van der Waals surface area contributed by atoms with Gasteiger partial charge in [0, 0.05) is 5.38 Å². The Balaban J connectivity index is 1.93. The molecule has 0 aromatic rings. The Hall–Kier alpha value is 0.640. The van der Waals surface area contributed by atoms with Crippen LogP contribution in [0.4, 0.5) is 0 Å². The van der Waals surface area contributed by atoms with Gasteiger partial charge in [0.2, 0.25) is 0 Å². The number of thioether (sulfide) groups is 1. The molecule has 0 amide bonds. The Morgan fingerprint density at radius 3 is 2.83 bits per heavy atom. The predicted octanol–water partition coefficient (Wildman–Crippen LogP) is 3.93. The molecule has 1 saturated carbocycles. The molecule has 0 bridgehead atoms. The quantitative estimate of drug-likeness (QED) is 0.485. The topological polar surface area (TPSA) is 0 Å². The van der Waals surface area contributed by atoms with E-state index in [1.165, 1.54) is 43.6 Å². The third kappa shape index (κ3) is 4.04. The zero-order chi connectivity index (χ0) is 8.81. The number of rotatable bonds is 5. The number of alkyl halides is 1. The predicted molar refractivity (Wildman–Crippen MR) is 59.2 cm³/mol. The third-order valence-corrected chi connectivity index (χ3v) is 3.96. The van der Waals surface area contributed by atoms with E-state index in [9.17, 15) is 0 Å². The lowest BCUT2D eigenvalue weighted by Gasteiger charge is -2.07. The maximum absolute atomic E-state index is 6.04. The molecule has 1 rings (SSSR count). The lowest BCUT2D eigenvalue weighted by Crippen LogP contribution is -1.96. The Morgan fingerprint density at radius 2 is 2.25 bits per heavy atom. The molecule has 0 aromatic heterocycles. The van der Waals surface area contributed by atoms with Crippen LogP contribution in [0.5, 0.6) is 0 Å². The fraction of sp³-hybridized carbons (Fsp3) is 1.00. The van der Waals surface area contributed by atoms with Crippen molar-refractivity contribution in [2.75, 3.05) is 11.5 Å². The normalized spacial score (nSPS) is 29.5. The van der Waals surface area contributed by atoms with Crippen molar-refractivity contribution < 1.29 is 0 Å². The van der Waals surface area contributed by atoms with Crippen LogP contribution >= 0.6 is 23.4 Å². The molecule has 1 aliphatic carbocycles. The van der Waals surface area contributed by atoms with E-state index in [-0.39, 0.29) is 0 Å². The van der Waals surface area contributed by atoms with Crippen LogP contribution in [0.25, 0.3) is 0 Å². The first kappa shape index (κ1) is 10.7. The lowest BCUT2D eigenvalue weighted by molar-refractivity contribution is 0.499. The summed E-state index contributed by atoms with van der Waals surface area (Å²) in [5.74, 6) is 3.56. The number of hydrogen-bond donors (Lipinski definition) is 0. The Labute approximate surface area is 85.4 Å². The zero-order valence-electron chi connectivity index (χ0n) is 7.89. The summed E-state index contributed by atoms with van der Waals surface area (Å²) in [7, 11) is 0. The highest BCUT2D eigenvalue weighted by Crippen LogP contribution is 2.32. The van der Waals surface area contributed by atoms with Gasteiger partial charge >= 0.3 is 0 Å². The van der Waals surface area contributed by atoms with Gasteiger partial charge in [0.15, 0.2) is 0 Å². The second-order valence-electron chi connectivity index (χ2n) is 3.62. The van der Waals surface area contributed by atoms with Crippen molar-refractivity contribution in [1.29, 1.82) is 0 Å². The fourth-order valence-corrected chi connectivity index (χ4v) is 2.93. The zero-order valence-corrected chi connectivity index (χ0v) is 9.46. The van der Waals surface area contributed by atoms with Crippen LogP contribution in [0.3, 0.4) is 0 Å². The van der Waals surface area contributed by atoms with Gasteiger partial charge in [-0.2, -0.15) is 11.8 Å². The molecule has 0 heterocycles. The summed E-state index contributed by atoms with van der Waals surface area (Å²) in [4.78, 5) is 0. The molecule has 1 aliphatic rings. The molecular weight excluding hydrogens is 188 g/mol. The molecule has 0 nitrogen and oxygen atoms in total. The van der Waals surface area contributed by atoms with Gasteiger partial charge < -0.3 is 0 Å². The van der Waals surface area contributed by atoms with Crippen LogP contribution in [-0.4, -0.2) is 16.9 Å². The van der Waals surface area contributed by atoms with E-state index < -0.39 is 0 Å². The SMILES string of the molecule is CCSCCCC1CCC(Cl)C1. The van der Waals surface area contributed by atoms with Crippen LogP contribution in [0.2, 0.25) is 0 Å². The van der Waals surface area contributed by atoms with Crippen molar-refractivity contribution in [3.8, 4) is 0 Å². The molecule has 12 heavy (non-hydrogen) atoms. The molecule has 0 spiro atoms. The second kappa shape index (κ2) is 6.15. The van der Waals surface area contributed by atoms with Crippen molar-refractivity contribution in [2.45, 2.75) is 44.4 Å². The third-order valence-electron chi connectivity index (χ3n) is 2.58. The largest absolute Gasteiger partial charge is 0.162 e. The number of halogens is 1. The monoisotopic (exact) mass is 206 g/mol. The molecular formula is C10H19ClS. The summed E-state index contributed by atoms with van der Waals surface area (Å²) < 4.78 is 0. The minimum atomic E-state index is 0.494. The summed E-state index contributed by atoms with van der Waals surface area (Å²) in [6.45, 7) is 2.23. The molecule has 0 saturated heterocycles. The summed E-state index contributed by atoms with van der Waals surface area (Å²) >= 11 is 8.10. The van der Waals surface area contributed by atoms with Crippen molar-refractivity contribution >= 4 is 23.4 Å². The van der Waals surface area contributed by atoms with E-state index in [4.69, 9.17) is 11.6 Å². The van der Waals surface area contributed by atoms with Crippen LogP contribution in [-0.2, 0) is 0 Å². The first-order valence-electron chi connectivity index (χ1n) is 5.04. The van der Waals surface area contributed by atoms with Gasteiger partial charge in [-0.15, -0.1) is 11.6 Å². The van der Waals surface area contributed by atoms with E-state index in [1.54, 1.807) is 0 Å². The molecule has 2 heteroatoms. The average molecular weight is 207 g/mol. The molecule has 0 N–H and O–H groups in total. The van der Waals surface area contributed by atoms with Crippen LogP contribution < -0.4 is 0 Å². The van der Waals surface area contributed by atoms with Gasteiger partial charge in [-0.1, -0.05) is 6.92 Å². The highest BCUT2D eigenvalue weighted by molar-refractivity contribution is 7.99.